The molecule has 1 amide bonds. The molecule has 0 aromatic heterocycles. The van der Waals surface area contributed by atoms with Crippen LogP contribution in [0, 0.1) is 5.82 Å². The molecule has 1 heterocycles. The summed E-state index contributed by atoms with van der Waals surface area (Å²) in [6.07, 6.45) is 2.82. The zero-order valence-electron chi connectivity index (χ0n) is 19.1. The Balaban J connectivity index is 1.44. The zero-order chi connectivity index (χ0) is 23.9. The van der Waals surface area contributed by atoms with Gasteiger partial charge < -0.3 is 20.1 Å². The Kier molecular flexibility index (Phi) is 7.75. The highest BCUT2D eigenvalue weighted by molar-refractivity contribution is 8.05. The van der Waals surface area contributed by atoms with Crippen molar-refractivity contribution >= 4 is 29.4 Å². The van der Waals surface area contributed by atoms with Crippen molar-refractivity contribution in [3.63, 3.8) is 0 Å². The van der Waals surface area contributed by atoms with E-state index in [1.807, 2.05) is 37.3 Å². The number of anilines is 1. The molecular weight excluding hydrogens is 451 g/mol. The molecule has 0 bridgehead atoms. The van der Waals surface area contributed by atoms with Crippen LogP contribution in [0.25, 0.3) is 6.08 Å². The predicted molar refractivity (Wildman–Crippen MR) is 135 cm³/mol. The number of aryl methyl sites for hydroxylation is 1. The lowest BCUT2D eigenvalue weighted by Gasteiger charge is -2.13. The number of rotatable bonds is 9. The summed E-state index contributed by atoms with van der Waals surface area (Å²) in [4.78, 5) is 13.1. The maximum atomic E-state index is 13.4. The summed E-state index contributed by atoms with van der Waals surface area (Å²) >= 11 is 1.43. The molecule has 0 spiro atoms. The Morgan fingerprint density at radius 2 is 1.82 bits per heavy atom. The molecule has 1 atom stereocenters. The van der Waals surface area contributed by atoms with E-state index in [1.165, 1.54) is 29.5 Å². The molecule has 4 rings (SSSR count). The number of hydrogen-bond acceptors (Lipinski definition) is 5. The molecule has 5 nitrogen and oxygen atoms in total. The van der Waals surface area contributed by atoms with Crippen LogP contribution in [0.3, 0.4) is 0 Å². The molecular formula is C27H27FN2O3S. The van der Waals surface area contributed by atoms with Gasteiger partial charge >= 0.3 is 0 Å². The molecule has 1 aliphatic heterocycles. The van der Waals surface area contributed by atoms with E-state index in [0.717, 1.165) is 23.2 Å². The summed E-state index contributed by atoms with van der Waals surface area (Å²) in [7, 11) is 0. The SMILES string of the molecule is CCOc1cc(/C=C2\S[C@H](Nc3ccc(CC)cc3)NC2=O)ccc1OCc1cccc(F)c1. The fourth-order valence-corrected chi connectivity index (χ4v) is 4.48. The highest BCUT2D eigenvalue weighted by Gasteiger charge is 2.27. The van der Waals surface area contributed by atoms with Gasteiger partial charge in [0.05, 0.1) is 11.5 Å². The van der Waals surface area contributed by atoms with Crippen molar-refractivity contribution in [1.29, 1.82) is 0 Å². The number of carbonyl (C=O) groups excluding carboxylic acids is 1. The van der Waals surface area contributed by atoms with E-state index in [9.17, 15) is 9.18 Å². The van der Waals surface area contributed by atoms with Gasteiger partial charge in [-0.1, -0.05) is 49.0 Å². The summed E-state index contributed by atoms with van der Waals surface area (Å²) in [5.74, 6) is 0.706. The molecule has 1 aliphatic rings. The van der Waals surface area contributed by atoms with Crippen molar-refractivity contribution in [3.8, 4) is 11.5 Å². The number of hydrogen-bond donors (Lipinski definition) is 2. The summed E-state index contributed by atoms with van der Waals surface area (Å²) in [5.41, 5.74) is 3.53. The first-order valence-corrected chi connectivity index (χ1v) is 12.1. The van der Waals surface area contributed by atoms with E-state index in [1.54, 1.807) is 18.2 Å². The van der Waals surface area contributed by atoms with Crippen LogP contribution in [0.4, 0.5) is 10.1 Å². The molecule has 3 aromatic rings. The van der Waals surface area contributed by atoms with E-state index in [-0.39, 0.29) is 23.8 Å². The highest BCUT2D eigenvalue weighted by Crippen LogP contribution is 2.34. The van der Waals surface area contributed by atoms with Crippen molar-refractivity contribution < 1.29 is 18.7 Å². The second kappa shape index (κ2) is 11.1. The van der Waals surface area contributed by atoms with Gasteiger partial charge in [0.1, 0.15) is 12.4 Å². The van der Waals surface area contributed by atoms with Crippen molar-refractivity contribution in [2.24, 2.45) is 0 Å². The largest absolute Gasteiger partial charge is 0.490 e. The summed E-state index contributed by atoms with van der Waals surface area (Å²) in [5, 5.41) is 6.29. The van der Waals surface area contributed by atoms with Crippen LogP contribution >= 0.6 is 11.8 Å². The van der Waals surface area contributed by atoms with E-state index >= 15 is 0 Å². The minimum atomic E-state index is -0.300. The topological polar surface area (TPSA) is 59.6 Å². The van der Waals surface area contributed by atoms with Gasteiger partial charge in [0.15, 0.2) is 17.0 Å². The average Bonchev–Trinajstić information content (AvgIpc) is 3.17. The molecule has 0 unspecified atom stereocenters. The zero-order valence-corrected chi connectivity index (χ0v) is 20.0. The Morgan fingerprint density at radius 3 is 2.56 bits per heavy atom. The molecule has 0 aliphatic carbocycles. The van der Waals surface area contributed by atoms with Crippen molar-refractivity contribution in [1.82, 2.24) is 5.32 Å². The standard InChI is InChI=1S/C27H27FN2O3S/c1-3-18-8-11-22(12-9-18)29-27-30-26(31)25(34-27)16-19-10-13-23(24(15-19)32-4-2)33-17-20-6-5-7-21(28)14-20/h5-16,27,29H,3-4,17H2,1-2H3,(H,30,31)/b25-16-/t27-/m1/s1. The number of carbonyl (C=O) groups is 1. The van der Waals surface area contributed by atoms with Crippen LogP contribution in [0.15, 0.2) is 71.6 Å². The number of ether oxygens (including phenoxy) is 2. The van der Waals surface area contributed by atoms with Gasteiger partial charge in [-0.05, 0) is 72.5 Å². The van der Waals surface area contributed by atoms with E-state index in [0.29, 0.717) is 23.0 Å². The fourth-order valence-electron chi connectivity index (χ4n) is 3.49. The maximum absolute atomic E-state index is 13.4. The Hall–Kier alpha value is -3.45. The minimum absolute atomic E-state index is 0.128. The number of halogens is 1. The first-order chi connectivity index (χ1) is 16.5. The normalized spacial score (nSPS) is 16.4. The van der Waals surface area contributed by atoms with E-state index in [4.69, 9.17) is 9.47 Å². The lowest BCUT2D eigenvalue weighted by molar-refractivity contribution is -0.116. The van der Waals surface area contributed by atoms with E-state index < -0.39 is 0 Å². The predicted octanol–water partition coefficient (Wildman–Crippen LogP) is 5.97. The maximum Gasteiger partial charge on any atom is 0.260 e. The van der Waals surface area contributed by atoms with Gasteiger partial charge in [-0.2, -0.15) is 0 Å². The van der Waals surface area contributed by atoms with Gasteiger partial charge in [0, 0.05) is 5.69 Å². The Labute approximate surface area is 203 Å². The first-order valence-electron chi connectivity index (χ1n) is 11.2. The van der Waals surface area contributed by atoms with Gasteiger partial charge in [-0.15, -0.1) is 0 Å². The van der Waals surface area contributed by atoms with Crippen LogP contribution in [-0.2, 0) is 17.8 Å². The third-order valence-corrected chi connectivity index (χ3v) is 6.27. The first kappa shape index (κ1) is 23.7. The number of nitrogens with one attached hydrogen (secondary N) is 2. The number of thioether (sulfide) groups is 1. The van der Waals surface area contributed by atoms with Crippen LogP contribution in [-0.4, -0.2) is 18.0 Å². The molecule has 7 heteroatoms. The molecule has 0 saturated carbocycles. The van der Waals surface area contributed by atoms with E-state index in [2.05, 4.69) is 29.7 Å². The van der Waals surface area contributed by atoms with Crippen LogP contribution in [0.2, 0.25) is 0 Å². The van der Waals surface area contributed by atoms with Crippen molar-refractivity contribution in [2.75, 3.05) is 11.9 Å². The fraction of sp³-hybridized carbons (Fsp3) is 0.222. The third-order valence-electron chi connectivity index (χ3n) is 5.24. The number of benzene rings is 3. The number of amides is 1. The minimum Gasteiger partial charge on any atom is -0.490 e. The van der Waals surface area contributed by atoms with Gasteiger partial charge in [0.25, 0.3) is 5.91 Å². The monoisotopic (exact) mass is 478 g/mol. The van der Waals surface area contributed by atoms with Crippen molar-refractivity contribution in [3.05, 3.63) is 94.1 Å². The molecule has 3 aromatic carbocycles. The second-order valence-corrected chi connectivity index (χ2v) is 8.88. The summed E-state index contributed by atoms with van der Waals surface area (Å²) in [6.45, 7) is 4.70. The van der Waals surface area contributed by atoms with Crippen molar-refractivity contribution in [2.45, 2.75) is 32.4 Å². The summed E-state index contributed by atoms with van der Waals surface area (Å²) < 4.78 is 25.0. The van der Waals surface area contributed by atoms with Crippen LogP contribution < -0.4 is 20.1 Å². The average molecular weight is 479 g/mol. The van der Waals surface area contributed by atoms with Crippen LogP contribution in [0.1, 0.15) is 30.5 Å². The molecule has 0 radical (unpaired) electrons. The second-order valence-electron chi connectivity index (χ2n) is 7.73. The Bertz CT molecular complexity index is 1180. The smallest absolute Gasteiger partial charge is 0.260 e. The molecule has 2 N–H and O–H groups in total. The lowest BCUT2D eigenvalue weighted by atomic mass is 10.1. The van der Waals surface area contributed by atoms with Gasteiger partial charge in [-0.25, -0.2) is 4.39 Å². The Morgan fingerprint density at radius 1 is 1.00 bits per heavy atom. The van der Waals surface area contributed by atoms with Gasteiger partial charge in [-0.3, -0.25) is 4.79 Å². The molecule has 34 heavy (non-hydrogen) atoms. The quantitative estimate of drug-likeness (QED) is 0.371. The summed E-state index contributed by atoms with van der Waals surface area (Å²) in [6, 6.07) is 20.0. The lowest BCUT2D eigenvalue weighted by Crippen LogP contribution is -2.30. The molecule has 1 fully saturated rings. The third kappa shape index (κ3) is 6.11. The highest BCUT2D eigenvalue weighted by atomic mass is 32.2. The van der Waals surface area contributed by atoms with Crippen LogP contribution in [0.5, 0.6) is 11.5 Å². The molecule has 176 valence electrons. The van der Waals surface area contributed by atoms with Gasteiger partial charge in [0.2, 0.25) is 0 Å². The molecule has 1 saturated heterocycles.